The van der Waals surface area contributed by atoms with Crippen molar-refractivity contribution in [2.75, 3.05) is 5.32 Å². The molecule has 0 bridgehead atoms. The highest BCUT2D eigenvalue weighted by molar-refractivity contribution is 5.85. The number of carbonyl (C=O) groups is 1. The van der Waals surface area contributed by atoms with Gasteiger partial charge in [-0.15, -0.1) is 0 Å². The van der Waals surface area contributed by atoms with Crippen LogP contribution in [-0.2, 0) is 10.3 Å². The molecule has 5 nitrogen and oxygen atoms in total. The second-order valence-corrected chi connectivity index (χ2v) is 7.08. The van der Waals surface area contributed by atoms with Gasteiger partial charge in [0.25, 0.3) is 0 Å². The van der Waals surface area contributed by atoms with E-state index < -0.39 is 17.2 Å². The average Bonchev–Trinajstić information content (AvgIpc) is 2.36. The van der Waals surface area contributed by atoms with Crippen molar-refractivity contribution in [3.8, 4) is 5.75 Å². The molecule has 0 saturated heterocycles. The maximum atomic E-state index is 11.7. The molecule has 0 spiro atoms. The molecule has 5 heteroatoms. The van der Waals surface area contributed by atoms with E-state index in [1.165, 1.54) is 12.5 Å². The summed E-state index contributed by atoms with van der Waals surface area (Å²) in [6, 6.07) is 5.08. The third-order valence-corrected chi connectivity index (χ3v) is 3.93. The lowest BCUT2D eigenvalue weighted by molar-refractivity contribution is 0.0636. The van der Waals surface area contributed by atoms with Crippen molar-refractivity contribution >= 4 is 11.8 Å². The van der Waals surface area contributed by atoms with Crippen molar-refractivity contribution in [1.82, 2.24) is 0 Å². The van der Waals surface area contributed by atoms with Crippen LogP contribution in [0.25, 0.3) is 0 Å². The maximum absolute atomic E-state index is 11.7. The first-order chi connectivity index (χ1) is 10.2. The third-order valence-electron chi connectivity index (χ3n) is 3.93. The number of hydrogen-bond acceptors (Lipinski definition) is 4. The zero-order chi connectivity index (χ0) is 16.4. The predicted molar refractivity (Wildman–Crippen MR) is 86.9 cm³/mol. The van der Waals surface area contributed by atoms with E-state index in [-0.39, 0.29) is 5.75 Å². The molecule has 4 N–H and O–H groups in total. The molecule has 0 heterocycles. The smallest absolute Gasteiger partial charge is 0.412 e. The van der Waals surface area contributed by atoms with Crippen LogP contribution in [0.1, 0.15) is 58.4 Å². The lowest BCUT2D eigenvalue weighted by atomic mass is 9.77. The van der Waals surface area contributed by atoms with Gasteiger partial charge < -0.3 is 15.6 Å². The van der Waals surface area contributed by atoms with Crippen LogP contribution in [0.4, 0.5) is 10.5 Å². The molecule has 0 aliphatic heterocycles. The van der Waals surface area contributed by atoms with Gasteiger partial charge in [-0.25, -0.2) is 4.79 Å². The van der Waals surface area contributed by atoms with Gasteiger partial charge in [-0.05, 0) is 39.7 Å². The fourth-order valence-corrected chi connectivity index (χ4v) is 2.90. The molecule has 1 fully saturated rings. The molecule has 1 saturated carbocycles. The summed E-state index contributed by atoms with van der Waals surface area (Å²) in [4.78, 5) is 11.7. The molecule has 2 rings (SSSR count). The summed E-state index contributed by atoms with van der Waals surface area (Å²) in [6.07, 6.45) is 4.55. The SMILES string of the molecule is CC(C)(C)OC(=O)Nc1ccc(C2(N)CCCCC2)c(O)c1. The maximum Gasteiger partial charge on any atom is 0.412 e. The fourth-order valence-electron chi connectivity index (χ4n) is 2.90. The van der Waals surface area contributed by atoms with Gasteiger partial charge >= 0.3 is 6.09 Å². The lowest BCUT2D eigenvalue weighted by Crippen LogP contribution is -2.38. The first-order valence-electron chi connectivity index (χ1n) is 7.82. The van der Waals surface area contributed by atoms with Crippen molar-refractivity contribution < 1.29 is 14.6 Å². The second kappa shape index (κ2) is 6.16. The Morgan fingerprint density at radius 3 is 2.45 bits per heavy atom. The van der Waals surface area contributed by atoms with Crippen LogP contribution in [0, 0.1) is 0 Å². The molecule has 1 aliphatic carbocycles. The van der Waals surface area contributed by atoms with Crippen LogP contribution in [-0.4, -0.2) is 16.8 Å². The number of nitrogens with two attached hydrogens (primary N) is 1. The molecule has 0 aromatic heterocycles. The van der Waals surface area contributed by atoms with Crippen LogP contribution < -0.4 is 11.1 Å². The number of benzene rings is 1. The normalized spacial score (nSPS) is 17.8. The highest BCUT2D eigenvalue weighted by atomic mass is 16.6. The van der Waals surface area contributed by atoms with Gasteiger partial charge in [-0.2, -0.15) is 0 Å². The van der Waals surface area contributed by atoms with E-state index in [0.29, 0.717) is 5.69 Å². The third kappa shape index (κ3) is 4.13. The Bertz CT molecular complexity index is 543. The van der Waals surface area contributed by atoms with Crippen molar-refractivity contribution in [2.24, 2.45) is 5.73 Å². The van der Waals surface area contributed by atoms with Crippen molar-refractivity contribution in [2.45, 2.75) is 64.0 Å². The molecular formula is C17H26N2O3. The Hall–Kier alpha value is -1.75. The highest BCUT2D eigenvalue weighted by Crippen LogP contribution is 2.39. The molecule has 0 unspecified atom stereocenters. The number of anilines is 1. The number of aromatic hydroxyl groups is 1. The van der Waals surface area contributed by atoms with E-state index in [0.717, 1.165) is 31.2 Å². The second-order valence-electron chi connectivity index (χ2n) is 7.08. The Balaban J connectivity index is 2.11. The Kier molecular flexibility index (Phi) is 4.66. The number of hydrogen-bond donors (Lipinski definition) is 3. The summed E-state index contributed by atoms with van der Waals surface area (Å²) < 4.78 is 5.19. The minimum Gasteiger partial charge on any atom is -0.508 e. The fraction of sp³-hybridized carbons (Fsp3) is 0.588. The van der Waals surface area contributed by atoms with E-state index in [9.17, 15) is 9.90 Å². The van der Waals surface area contributed by atoms with Crippen LogP contribution in [0.5, 0.6) is 5.75 Å². The number of phenols is 1. The zero-order valence-corrected chi connectivity index (χ0v) is 13.6. The highest BCUT2D eigenvalue weighted by Gasteiger charge is 2.31. The van der Waals surface area contributed by atoms with Gasteiger partial charge in [0.1, 0.15) is 11.4 Å². The molecule has 0 radical (unpaired) electrons. The van der Waals surface area contributed by atoms with E-state index in [1.54, 1.807) is 32.9 Å². The van der Waals surface area contributed by atoms with E-state index >= 15 is 0 Å². The van der Waals surface area contributed by atoms with Gasteiger partial charge in [-0.1, -0.05) is 25.3 Å². The van der Waals surface area contributed by atoms with Crippen molar-refractivity contribution in [3.63, 3.8) is 0 Å². The molecule has 1 aromatic rings. The molecule has 22 heavy (non-hydrogen) atoms. The standard InChI is InChI=1S/C17H26N2O3/c1-16(2,3)22-15(21)19-12-7-8-13(14(20)11-12)17(18)9-5-4-6-10-17/h7-8,11,20H,4-6,9-10,18H2,1-3H3,(H,19,21). The number of carbonyl (C=O) groups excluding carboxylic acids is 1. The van der Waals surface area contributed by atoms with Crippen LogP contribution in [0.15, 0.2) is 18.2 Å². The number of amides is 1. The monoisotopic (exact) mass is 306 g/mol. The van der Waals surface area contributed by atoms with Crippen LogP contribution >= 0.6 is 0 Å². The van der Waals surface area contributed by atoms with Crippen molar-refractivity contribution in [3.05, 3.63) is 23.8 Å². The van der Waals surface area contributed by atoms with Crippen LogP contribution in [0.3, 0.4) is 0 Å². The Morgan fingerprint density at radius 1 is 1.27 bits per heavy atom. The number of rotatable bonds is 2. The summed E-state index contributed by atoms with van der Waals surface area (Å²) in [5, 5.41) is 12.9. The predicted octanol–water partition coefficient (Wildman–Crippen LogP) is 3.86. The molecule has 1 aromatic carbocycles. The van der Waals surface area contributed by atoms with Gasteiger partial charge in [0.2, 0.25) is 0 Å². The summed E-state index contributed by atoms with van der Waals surface area (Å²) in [7, 11) is 0. The van der Waals surface area contributed by atoms with Crippen LogP contribution in [0.2, 0.25) is 0 Å². The van der Waals surface area contributed by atoms with Gasteiger partial charge in [0.15, 0.2) is 0 Å². The number of ether oxygens (including phenoxy) is 1. The van der Waals surface area contributed by atoms with E-state index in [1.807, 2.05) is 0 Å². The molecule has 1 aliphatic rings. The Morgan fingerprint density at radius 2 is 1.91 bits per heavy atom. The summed E-state index contributed by atoms with van der Waals surface area (Å²) in [5.74, 6) is 0.123. The molecule has 1 amide bonds. The topological polar surface area (TPSA) is 84.6 Å². The first-order valence-corrected chi connectivity index (χ1v) is 7.82. The Labute approximate surface area is 131 Å². The van der Waals surface area contributed by atoms with Gasteiger partial charge in [0, 0.05) is 22.9 Å². The van der Waals surface area contributed by atoms with E-state index in [4.69, 9.17) is 10.5 Å². The largest absolute Gasteiger partial charge is 0.508 e. The average molecular weight is 306 g/mol. The number of nitrogens with one attached hydrogen (secondary N) is 1. The summed E-state index contributed by atoms with van der Waals surface area (Å²) in [5.41, 5.74) is 6.67. The minimum atomic E-state index is -0.560. The number of phenolic OH excluding ortho intramolecular Hbond substituents is 1. The zero-order valence-electron chi connectivity index (χ0n) is 13.6. The van der Waals surface area contributed by atoms with E-state index in [2.05, 4.69) is 5.32 Å². The molecular weight excluding hydrogens is 280 g/mol. The lowest BCUT2D eigenvalue weighted by Gasteiger charge is -2.34. The quantitative estimate of drug-likeness (QED) is 0.774. The van der Waals surface area contributed by atoms with Gasteiger partial charge in [-0.3, -0.25) is 5.32 Å². The summed E-state index contributed by atoms with van der Waals surface area (Å²) >= 11 is 0. The minimum absolute atomic E-state index is 0.123. The molecule has 0 atom stereocenters. The summed E-state index contributed by atoms with van der Waals surface area (Å²) in [6.45, 7) is 5.40. The molecule has 122 valence electrons. The van der Waals surface area contributed by atoms with Crippen molar-refractivity contribution in [1.29, 1.82) is 0 Å². The van der Waals surface area contributed by atoms with Gasteiger partial charge in [0.05, 0.1) is 0 Å². The first kappa shape index (κ1) is 16.6.